The topological polar surface area (TPSA) is 92.4 Å². The minimum atomic E-state index is -0.988. The Morgan fingerprint density at radius 1 is 1.19 bits per heavy atom. The smallest absolute Gasteiger partial charge is 0.337 e. The summed E-state index contributed by atoms with van der Waals surface area (Å²) in [4.78, 5) is 21.7. The SMILES string of the molecule is CC(=O)NC1CC(C(C)(C)C)CCC1C(C)C.Nc1ccccc1C(=O)O. The number of rotatable bonds is 3. The second-order valence-corrected chi connectivity index (χ2v) is 8.98. The monoisotopic (exact) mass is 376 g/mol. The van der Waals surface area contributed by atoms with Crippen molar-refractivity contribution in [1.82, 2.24) is 5.32 Å². The third-order valence-electron chi connectivity index (χ3n) is 5.56. The van der Waals surface area contributed by atoms with Gasteiger partial charge in [0.2, 0.25) is 5.91 Å². The minimum absolute atomic E-state index is 0.121. The van der Waals surface area contributed by atoms with Crippen molar-refractivity contribution < 1.29 is 14.7 Å². The Balaban J connectivity index is 0.000000309. The summed E-state index contributed by atoms with van der Waals surface area (Å²) in [5.41, 5.74) is 6.16. The van der Waals surface area contributed by atoms with Crippen LogP contribution < -0.4 is 11.1 Å². The van der Waals surface area contributed by atoms with E-state index in [9.17, 15) is 9.59 Å². The Hall–Kier alpha value is -2.04. The van der Waals surface area contributed by atoms with E-state index in [4.69, 9.17) is 10.8 Å². The van der Waals surface area contributed by atoms with Crippen LogP contribution in [0.25, 0.3) is 0 Å². The van der Waals surface area contributed by atoms with Gasteiger partial charge < -0.3 is 16.2 Å². The van der Waals surface area contributed by atoms with Gasteiger partial charge in [-0.15, -0.1) is 0 Å². The van der Waals surface area contributed by atoms with Gasteiger partial charge in [-0.05, 0) is 54.6 Å². The molecular formula is C22H36N2O3. The molecule has 1 fully saturated rings. The van der Waals surface area contributed by atoms with Gasteiger partial charge in [0, 0.05) is 18.7 Å². The Bertz CT molecular complexity index is 635. The Kier molecular flexibility index (Phi) is 8.32. The summed E-state index contributed by atoms with van der Waals surface area (Å²) in [6.07, 6.45) is 3.71. The fourth-order valence-electron chi connectivity index (χ4n) is 3.90. The van der Waals surface area contributed by atoms with E-state index >= 15 is 0 Å². The van der Waals surface area contributed by atoms with E-state index in [-0.39, 0.29) is 11.5 Å². The normalized spacial score (nSPS) is 22.6. The Morgan fingerprint density at radius 3 is 2.19 bits per heavy atom. The number of nitrogens with one attached hydrogen (secondary N) is 1. The highest BCUT2D eigenvalue weighted by atomic mass is 16.4. The van der Waals surface area contributed by atoms with Gasteiger partial charge in [0.1, 0.15) is 0 Å². The first-order valence-corrected chi connectivity index (χ1v) is 9.78. The molecule has 2 rings (SSSR count). The van der Waals surface area contributed by atoms with Crippen molar-refractivity contribution in [3.8, 4) is 0 Å². The first-order valence-electron chi connectivity index (χ1n) is 9.78. The number of nitrogens with two attached hydrogens (primary N) is 1. The van der Waals surface area contributed by atoms with Crippen molar-refractivity contribution in [1.29, 1.82) is 0 Å². The molecule has 152 valence electrons. The maximum absolute atomic E-state index is 11.3. The second kappa shape index (κ2) is 9.77. The molecule has 4 N–H and O–H groups in total. The summed E-state index contributed by atoms with van der Waals surface area (Å²) in [6, 6.07) is 6.74. The van der Waals surface area contributed by atoms with Crippen LogP contribution in [0.2, 0.25) is 0 Å². The van der Waals surface area contributed by atoms with Crippen LogP contribution in [0, 0.1) is 23.2 Å². The number of carboxylic acids is 1. The summed E-state index contributed by atoms with van der Waals surface area (Å²) < 4.78 is 0. The molecule has 1 saturated carbocycles. The molecule has 1 aromatic carbocycles. The third kappa shape index (κ3) is 7.24. The summed E-state index contributed by atoms with van der Waals surface area (Å²) in [7, 11) is 0. The number of anilines is 1. The van der Waals surface area contributed by atoms with Gasteiger partial charge >= 0.3 is 5.97 Å². The average Bonchev–Trinajstić information content (AvgIpc) is 2.54. The van der Waals surface area contributed by atoms with E-state index in [0.29, 0.717) is 29.0 Å². The number of nitrogen functional groups attached to an aromatic ring is 1. The van der Waals surface area contributed by atoms with Gasteiger partial charge in [-0.1, -0.05) is 46.8 Å². The largest absolute Gasteiger partial charge is 0.478 e. The van der Waals surface area contributed by atoms with Crippen LogP contribution >= 0.6 is 0 Å². The van der Waals surface area contributed by atoms with Crippen LogP contribution in [0.15, 0.2) is 24.3 Å². The molecule has 0 heterocycles. The molecule has 5 heteroatoms. The number of carbonyl (C=O) groups excluding carboxylic acids is 1. The fourth-order valence-corrected chi connectivity index (χ4v) is 3.90. The molecule has 1 aromatic rings. The van der Waals surface area contributed by atoms with Gasteiger partial charge in [0.25, 0.3) is 0 Å². The zero-order valence-electron chi connectivity index (χ0n) is 17.6. The summed E-state index contributed by atoms with van der Waals surface area (Å²) in [5.74, 6) is 1.17. The fraction of sp³-hybridized carbons (Fsp3) is 0.636. The van der Waals surface area contributed by atoms with Gasteiger partial charge in [0.05, 0.1) is 5.56 Å². The van der Waals surface area contributed by atoms with Crippen LogP contribution in [0.3, 0.4) is 0 Å². The maximum Gasteiger partial charge on any atom is 0.337 e. The molecule has 0 saturated heterocycles. The lowest BCUT2D eigenvalue weighted by Gasteiger charge is -2.43. The number of benzene rings is 1. The molecule has 5 nitrogen and oxygen atoms in total. The molecule has 27 heavy (non-hydrogen) atoms. The van der Waals surface area contributed by atoms with Crippen LogP contribution in [0.1, 0.15) is 71.2 Å². The molecular weight excluding hydrogens is 340 g/mol. The predicted molar refractivity (Wildman–Crippen MR) is 111 cm³/mol. The molecule has 3 unspecified atom stereocenters. The standard InChI is InChI=1S/C15H29NO.C7H7NO2/c1-10(2)13-8-7-12(15(4,5)6)9-14(13)16-11(3)17;8-6-4-2-1-3-5(6)7(9)10/h10,12-14H,7-9H2,1-6H3,(H,16,17);1-4H,8H2,(H,9,10). The number of para-hydroxylation sites is 1. The van der Waals surface area contributed by atoms with Crippen LogP contribution in [0.5, 0.6) is 0 Å². The Morgan fingerprint density at radius 2 is 1.78 bits per heavy atom. The van der Waals surface area contributed by atoms with Gasteiger partial charge in [-0.3, -0.25) is 4.79 Å². The molecule has 0 aromatic heterocycles. The lowest BCUT2D eigenvalue weighted by atomic mass is 9.65. The Labute approximate surface area is 163 Å². The molecule has 0 spiro atoms. The highest BCUT2D eigenvalue weighted by molar-refractivity contribution is 5.93. The summed E-state index contributed by atoms with van der Waals surface area (Å²) >= 11 is 0. The number of aromatic carboxylic acids is 1. The van der Waals surface area contributed by atoms with Gasteiger partial charge in [0.15, 0.2) is 0 Å². The van der Waals surface area contributed by atoms with Gasteiger partial charge in [-0.2, -0.15) is 0 Å². The lowest BCUT2D eigenvalue weighted by Crippen LogP contribution is -2.47. The first-order chi connectivity index (χ1) is 12.4. The van der Waals surface area contributed by atoms with E-state index in [2.05, 4.69) is 39.9 Å². The maximum atomic E-state index is 11.3. The van der Waals surface area contributed by atoms with Crippen molar-refractivity contribution >= 4 is 17.6 Å². The number of hydrogen-bond donors (Lipinski definition) is 3. The van der Waals surface area contributed by atoms with E-state index < -0.39 is 5.97 Å². The van der Waals surface area contributed by atoms with Crippen LogP contribution in [-0.2, 0) is 4.79 Å². The highest BCUT2D eigenvalue weighted by Crippen LogP contribution is 2.41. The van der Waals surface area contributed by atoms with Crippen LogP contribution in [-0.4, -0.2) is 23.0 Å². The van der Waals surface area contributed by atoms with Crippen molar-refractivity contribution in [2.45, 2.75) is 66.8 Å². The number of hydrogen-bond acceptors (Lipinski definition) is 3. The predicted octanol–water partition coefficient (Wildman–Crippen LogP) is 4.58. The van der Waals surface area contributed by atoms with E-state index in [0.717, 1.165) is 12.3 Å². The second-order valence-electron chi connectivity index (χ2n) is 8.98. The van der Waals surface area contributed by atoms with Crippen molar-refractivity contribution in [3.05, 3.63) is 29.8 Å². The van der Waals surface area contributed by atoms with E-state index in [1.165, 1.54) is 18.9 Å². The third-order valence-corrected chi connectivity index (χ3v) is 5.56. The van der Waals surface area contributed by atoms with E-state index in [1.807, 2.05) is 0 Å². The number of carboxylic acid groups (broad SMARTS) is 1. The van der Waals surface area contributed by atoms with Gasteiger partial charge in [-0.25, -0.2) is 4.79 Å². The first kappa shape index (κ1) is 23.0. The minimum Gasteiger partial charge on any atom is -0.478 e. The van der Waals surface area contributed by atoms with Crippen LogP contribution in [0.4, 0.5) is 5.69 Å². The average molecular weight is 377 g/mol. The number of amides is 1. The van der Waals surface area contributed by atoms with E-state index in [1.54, 1.807) is 25.1 Å². The lowest BCUT2D eigenvalue weighted by molar-refractivity contribution is -0.120. The summed E-state index contributed by atoms with van der Waals surface area (Å²) in [5, 5.41) is 11.7. The zero-order chi connectivity index (χ0) is 20.8. The van der Waals surface area contributed by atoms with Crippen molar-refractivity contribution in [3.63, 3.8) is 0 Å². The van der Waals surface area contributed by atoms with Crippen molar-refractivity contribution in [2.75, 3.05) is 5.73 Å². The highest BCUT2D eigenvalue weighted by Gasteiger charge is 2.37. The molecule has 1 amide bonds. The molecule has 3 atom stereocenters. The summed E-state index contributed by atoms with van der Waals surface area (Å²) in [6.45, 7) is 13.1. The zero-order valence-corrected chi connectivity index (χ0v) is 17.6. The molecule has 1 aliphatic carbocycles. The molecule has 0 bridgehead atoms. The van der Waals surface area contributed by atoms with Crippen molar-refractivity contribution in [2.24, 2.45) is 23.2 Å². The number of carbonyl (C=O) groups is 2. The molecule has 1 aliphatic rings. The molecule has 0 radical (unpaired) electrons. The molecule has 0 aliphatic heterocycles. The quantitative estimate of drug-likeness (QED) is 0.673.